The van der Waals surface area contributed by atoms with Crippen LogP contribution < -0.4 is 4.90 Å². The smallest absolute Gasteiger partial charge is 0.0369 e. The van der Waals surface area contributed by atoms with Crippen LogP contribution in [0.1, 0.15) is 24.5 Å². The van der Waals surface area contributed by atoms with E-state index in [0.29, 0.717) is 0 Å². The lowest BCUT2D eigenvalue weighted by Gasteiger charge is -2.36. The van der Waals surface area contributed by atoms with Crippen molar-refractivity contribution in [2.24, 2.45) is 0 Å². The highest BCUT2D eigenvalue weighted by atomic mass is 79.9. The topological polar surface area (TPSA) is 6.48 Å². The first-order valence-electron chi connectivity index (χ1n) is 6.87. The summed E-state index contributed by atoms with van der Waals surface area (Å²) in [5.74, 6) is 0. The average molecular weight is 311 g/mol. The van der Waals surface area contributed by atoms with E-state index < -0.39 is 0 Å². The monoisotopic (exact) mass is 310 g/mol. The Balaban J connectivity index is 1.99. The minimum Gasteiger partial charge on any atom is -0.369 e. The summed E-state index contributed by atoms with van der Waals surface area (Å²) in [6.45, 7) is 10.4. The standard InChI is InChI=1S/C15H23BrN2/c1-3-6-17-7-9-18(10-8-17)15-5-4-14(12-16)13(2)11-15/h4-5,11H,3,6-10,12H2,1-2H3. The zero-order chi connectivity index (χ0) is 13.0. The molecule has 1 heterocycles. The van der Waals surface area contributed by atoms with Gasteiger partial charge in [0.1, 0.15) is 0 Å². The third-order valence-corrected chi connectivity index (χ3v) is 4.35. The highest BCUT2D eigenvalue weighted by molar-refractivity contribution is 9.08. The van der Waals surface area contributed by atoms with Crippen LogP contribution in [0.4, 0.5) is 5.69 Å². The van der Waals surface area contributed by atoms with Gasteiger partial charge in [0, 0.05) is 37.2 Å². The van der Waals surface area contributed by atoms with E-state index >= 15 is 0 Å². The second-order valence-electron chi connectivity index (χ2n) is 5.07. The lowest BCUT2D eigenvalue weighted by molar-refractivity contribution is 0.258. The minimum atomic E-state index is 0.948. The average Bonchev–Trinajstić information content (AvgIpc) is 2.40. The molecule has 0 aromatic heterocycles. The first-order chi connectivity index (χ1) is 8.74. The summed E-state index contributed by atoms with van der Waals surface area (Å²) in [6.07, 6.45) is 1.26. The molecule has 0 atom stereocenters. The molecule has 0 amide bonds. The molecule has 100 valence electrons. The van der Waals surface area contributed by atoms with E-state index in [4.69, 9.17) is 0 Å². The van der Waals surface area contributed by atoms with E-state index in [-0.39, 0.29) is 0 Å². The number of aryl methyl sites for hydroxylation is 1. The Hall–Kier alpha value is -0.540. The van der Waals surface area contributed by atoms with Gasteiger partial charge in [0.15, 0.2) is 0 Å². The zero-order valence-electron chi connectivity index (χ0n) is 11.5. The van der Waals surface area contributed by atoms with Crippen molar-refractivity contribution in [3.8, 4) is 0 Å². The predicted octanol–water partition coefficient (Wildman–Crippen LogP) is 3.42. The molecule has 3 heteroatoms. The fraction of sp³-hybridized carbons (Fsp3) is 0.600. The molecule has 2 nitrogen and oxygen atoms in total. The van der Waals surface area contributed by atoms with Gasteiger partial charge in [-0.1, -0.05) is 28.9 Å². The first-order valence-corrected chi connectivity index (χ1v) is 7.99. The highest BCUT2D eigenvalue weighted by Gasteiger charge is 2.16. The number of hydrogen-bond donors (Lipinski definition) is 0. The highest BCUT2D eigenvalue weighted by Crippen LogP contribution is 2.22. The summed E-state index contributed by atoms with van der Waals surface area (Å²) in [5, 5.41) is 0.948. The zero-order valence-corrected chi connectivity index (χ0v) is 13.0. The van der Waals surface area contributed by atoms with Crippen molar-refractivity contribution in [1.82, 2.24) is 4.90 Å². The molecular weight excluding hydrogens is 288 g/mol. The maximum absolute atomic E-state index is 3.53. The Bertz CT molecular complexity index is 384. The SMILES string of the molecule is CCCN1CCN(c2ccc(CBr)c(C)c2)CC1. The lowest BCUT2D eigenvalue weighted by Crippen LogP contribution is -2.46. The number of rotatable bonds is 4. The summed E-state index contributed by atoms with van der Waals surface area (Å²) < 4.78 is 0. The van der Waals surface area contributed by atoms with E-state index in [2.05, 4.69) is 57.8 Å². The van der Waals surface area contributed by atoms with Gasteiger partial charge in [-0.2, -0.15) is 0 Å². The van der Waals surface area contributed by atoms with Gasteiger partial charge in [0.2, 0.25) is 0 Å². The van der Waals surface area contributed by atoms with Crippen molar-refractivity contribution >= 4 is 21.6 Å². The molecule has 1 fully saturated rings. The fourth-order valence-electron chi connectivity index (χ4n) is 2.57. The molecule has 18 heavy (non-hydrogen) atoms. The third kappa shape index (κ3) is 3.27. The van der Waals surface area contributed by atoms with E-state index in [0.717, 1.165) is 18.4 Å². The van der Waals surface area contributed by atoms with Crippen LogP contribution in [0.25, 0.3) is 0 Å². The predicted molar refractivity (Wildman–Crippen MR) is 82.8 cm³/mol. The maximum Gasteiger partial charge on any atom is 0.0369 e. The summed E-state index contributed by atoms with van der Waals surface area (Å²) >= 11 is 3.53. The molecule has 0 unspecified atom stereocenters. The van der Waals surface area contributed by atoms with E-state index in [1.54, 1.807) is 0 Å². The molecule has 1 aromatic rings. The van der Waals surface area contributed by atoms with Gasteiger partial charge in [-0.05, 0) is 43.1 Å². The van der Waals surface area contributed by atoms with Crippen molar-refractivity contribution in [2.75, 3.05) is 37.6 Å². The molecule has 1 saturated heterocycles. The van der Waals surface area contributed by atoms with Gasteiger partial charge in [-0.15, -0.1) is 0 Å². The van der Waals surface area contributed by atoms with Gasteiger partial charge >= 0.3 is 0 Å². The molecule has 0 saturated carbocycles. The lowest BCUT2D eigenvalue weighted by atomic mass is 10.1. The van der Waals surface area contributed by atoms with E-state index in [9.17, 15) is 0 Å². The Morgan fingerprint density at radius 1 is 1.17 bits per heavy atom. The number of nitrogens with zero attached hydrogens (tertiary/aromatic N) is 2. The van der Waals surface area contributed by atoms with Crippen LogP contribution in [0.15, 0.2) is 18.2 Å². The number of halogens is 1. The molecule has 0 N–H and O–H groups in total. The minimum absolute atomic E-state index is 0.948. The van der Waals surface area contributed by atoms with Gasteiger partial charge < -0.3 is 4.90 Å². The summed E-state index contributed by atoms with van der Waals surface area (Å²) in [6, 6.07) is 6.84. The summed E-state index contributed by atoms with van der Waals surface area (Å²) in [7, 11) is 0. The molecule has 1 aliphatic heterocycles. The van der Waals surface area contributed by atoms with Crippen molar-refractivity contribution in [2.45, 2.75) is 25.6 Å². The Kier molecular flexibility index (Phi) is 5.07. The number of benzene rings is 1. The number of hydrogen-bond acceptors (Lipinski definition) is 2. The second-order valence-corrected chi connectivity index (χ2v) is 5.63. The van der Waals surface area contributed by atoms with Crippen LogP contribution in [-0.4, -0.2) is 37.6 Å². The summed E-state index contributed by atoms with van der Waals surface area (Å²) in [5.41, 5.74) is 4.16. The van der Waals surface area contributed by atoms with Crippen LogP contribution in [0.3, 0.4) is 0 Å². The Morgan fingerprint density at radius 3 is 2.44 bits per heavy atom. The fourth-order valence-corrected chi connectivity index (χ4v) is 3.20. The number of piperazine rings is 1. The third-order valence-electron chi connectivity index (χ3n) is 3.75. The van der Waals surface area contributed by atoms with Crippen molar-refractivity contribution in [3.05, 3.63) is 29.3 Å². The quantitative estimate of drug-likeness (QED) is 0.786. The molecular formula is C15H23BrN2. The molecule has 0 spiro atoms. The largest absolute Gasteiger partial charge is 0.369 e. The van der Waals surface area contributed by atoms with Gasteiger partial charge in [0.05, 0.1) is 0 Å². The number of alkyl halides is 1. The van der Waals surface area contributed by atoms with Crippen LogP contribution in [0, 0.1) is 6.92 Å². The first kappa shape index (κ1) is 13.9. The Labute approximate surface area is 119 Å². The van der Waals surface area contributed by atoms with E-state index in [1.165, 1.54) is 42.9 Å². The van der Waals surface area contributed by atoms with Gasteiger partial charge in [0.25, 0.3) is 0 Å². The summed E-state index contributed by atoms with van der Waals surface area (Å²) in [4.78, 5) is 5.08. The van der Waals surface area contributed by atoms with Crippen LogP contribution in [0.5, 0.6) is 0 Å². The Morgan fingerprint density at radius 2 is 1.89 bits per heavy atom. The molecule has 1 aromatic carbocycles. The molecule has 0 bridgehead atoms. The van der Waals surface area contributed by atoms with Crippen LogP contribution >= 0.6 is 15.9 Å². The van der Waals surface area contributed by atoms with Gasteiger partial charge in [-0.3, -0.25) is 4.90 Å². The van der Waals surface area contributed by atoms with E-state index in [1.807, 2.05) is 0 Å². The molecule has 0 radical (unpaired) electrons. The molecule has 1 aliphatic rings. The van der Waals surface area contributed by atoms with Gasteiger partial charge in [-0.25, -0.2) is 0 Å². The molecule has 2 rings (SSSR count). The second kappa shape index (κ2) is 6.58. The normalized spacial score (nSPS) is 17.2. The van der Waals surface area contributed by atoms with Crippen molar-refractivity contribution in [3.63, 3.8) is 0 Å². The van der Waals surface area contributed by atoms with Crippen molar-refractivity contribution < 1.29 is 0 Å². The molecule has 0 aliphatic carbocycles. The van der Waals surface area contributed by atoms with Crippen molar-refractivity contribution in [1.29, 1.82) is 0 Å². The number of anilines is 1. The van der Waals surface area contributed by atoms with Crippen LogP contribution in [-0.2, 0) is 5.33 Å². The van der Waals surface area contributed by atoms with Crippen LogP contribution in [0.2, 0.25) is 0 Å². The maximum atomic E-state index is 3.53.